The number of aliphatic hydroxyl groups excluding tert-OH is 1. The zero-order chi connectivity index (χ0) is 21.4. The predicted molar refractivity (Wildman–Crippen MR) is 131 cm³/mol. The lowest BCUT2D eigenvalue weighted by atomic mass is 9.94. The Hall–Kier alpha value is -1.81. The van der Waals surface area contributed by atoms with Crippen LogP contribution in [0.25, 0.3) is 0 Å². The van der Waals surface area contributed by atoms with Crippen molar-refractivity contribution in [3.05, 3.63) is 47.7 Å². The van der Waals surface area contributed by atoms with Crippen molar-refractivity contribution in [1.82, 2.24) is 15.6 Å². The van der Waals surface area contributed by atoms with Gasteiger partial charge in [-0.1, -0.05) is 32.9 Å². The molecule has 1 unspecified atom stereocenters. The van der Waals surface area contributed by atoms with Crippen LogP contribution in [0.2, 0.25) is 0 Å². The second kappa shape index (κ2) is 12.1. The fraction of sp³-hybridized carbons (Fsp3) is 0.545. The lowest BCUT2D eigenvalue weighted by Gasteiger charge is -2.16. The zero-order valence-corrected chi connectivity index (χ0v) is 21.1. The second-order valence-electron chi connectivity index (χ2n) is 8.20. The Kier molecular flexibility index (Phi) is 10.6. The Labute approximate surface area is 196 Å². The Morgan fingerprint density at radius 3 is 2.40 bits per heavy atom. The monoisotopic (exact) mass is 530 g/mol. The van der Waals surface area contributed by atoms with Gasteiger partial charge in [-0.2, -0.15) is 0 Å². The minimum atomic E-state index is -0.666. The SMILES string of the molecule is CCNC(=NCc1ncc(C(C)(C)C)o1)NCC(O)c1ccc(OC(C)C)cc1.I. The van der Waals surface area contributed by atoms with Crippen molar-refractivity contribution in [2.24, 2.45) is 4.99 Å². The lowest BCUT2D eigenvalue weighted by Crippen LogP contribution is -2.39. The van der Waals surface area contributed by atoms with Gasteiger partial charge in [-0.25, -0.2) is 9.98 Å². The quantitative estimate of drug-likeness (QED) is 0.270. The normalized spacial score (nSPS) is 13.0. The summed E-state index contributed by atoms with van der Waals surface area (Å²) in [5.41, 5.74) is 0.726. The molecule has 0 amide bonds. The zero-order valence-electron chi connectivity index (χ0n) is 18.7. The number of ether oxygens (including phenoxy) is 1. The van der Waals surface area contributed by atoms with Gasteiger partial charge in [0.2, 0.25) is 5.89 Å². The fourth-order valence-electron chi connectivity index (χ4n) is 2.57. The number of benzene rings is 1. The molecule has 8 heteroatoms. The number of guanidine groups is 1. The third kappa shape index (κ3) is 8.51. The summed E-state index contributed by atoms with van der Waals surface area (Å²) in [6.07, 6.45) is 1.21. The van der Waals surface area contributed by atoms with E-state index in [0.29, 0.717) is 31.5 Å². The fourth-order valence-corrected chi connectivity index (χ4v) is 2.57. The first kappa shape index (κ1) is 26.2. The lowest BCUT2D eigenvalue weighted by molar-refractivity contribution is 0.180. The summed E-state index contributed by atoms with van der Waals surface area (Å²) in [7, 11) is 0. The number of nitrogens with one attached hydrogen (secondary N) is 2. The van der Waals surface area contributed by atoms with E-state index in [9.17, 15) is 5.11 Å². The first-order chi connectivity index (χ1) is 13.7. The molecule has 2 aromatic rings. The minimum Gasteiger partial charge on any atom is -0.491 e. The number of oxazole rings is 1. The third-order valence-electron chi connectivity index (χ3n) is 4.11. The van der Waals surface area contributed by atoms with Crippen LogP contribution < -0.4 is 15.4 Å². The van der Waals surface area contributed by atoms with Crippen molar-refractivity contribution < 1.29 is 14.3 Å². The smallest absolute Gasteiger partial charge is 0.216 e. The van der Waals surface area contributed by atoms with E-state index in [1.807, 2.05) is 45.0 Å². The van der Waals surface area contributed by atoms with Crippen LogP contribution in [0, 0.1) is 0 Å². The van der Waals surface area contributed by atoms with Gasteiger partial charge in [-0.15, -0.1) is 24.0 Å². The molecule has 0 saturated carbocycles. The second-order valence-corrected chi connectivity index (χ2v) is 8.20. The molecule has 0 aliphatic rings. The highest BCUT2D eigenvalue weighted by molar-refractivity contribution is 14.0. The molecular formula is C22H35IN4O3. The molecule has 0 fully saturated rings. The van der Waals surface area contributed by atoms with Gasteiger partial charge in [0.25, 0.3) is 0 Å². The van der Waals surface area contributed by atoms with Gasteiger partial charge in [0, 0.05) is 18.5 Å². The molecule has 0 saturated heterocycles. The van der Waals surface area contributed by atoms with Gasteiger partial charge in [-0.05, 0) is 38.5 Å². The molecule has 0 radical (unpaired) electrons. The van der Waals surface area contributed by atoms with Crippen molar-refractivity contribution in [2.45, 2.75) is 65.7 Å². The Balaban J connectivity index is 0.00000450. The topological polar surface area (TPSA) is 91.9 Å². The molecule has 30 heavy (non-hydrogen) atoms. The molecular weight excluding hydrogens is 495 g/mol. The van der Waals surface area contributed by atoms with E-state index in [1.54, 1.807) is 6.20 Å². The molecule has 0 aliphatic carbocycles. The summed E-state index contributed by atoms with van der Waals surface area (Å²) >= 11 is 0. The summed E-state index contributed by atoms with van der Waals surface area (Å²) in [6.45, 7) is 13.6. The van der Waals surface area contributed by atoms with Gasteiger partial charge in [0.05, 0.1) is 18.4 Å². The molecule has 0 bridgehead atoms. The van der Waals surface area contributed by atoms with Crippen LogP contribution in [0.15, 0.2) is 39.9 Å². The molecule has 0 aliphatic heterocycles. The highest BCUT2D eigenvalue weighted by Gasteiger charge is 2.19. The van der Waals surface area contributed by atoms with E-state index in [4.69, 9.17) is 9.15 Å². The average Bonchev–Trinajstić information content (AvgIpc) is 3.13. The summed E-state index contributed by atoms with van der Waals surface area (Å²) in [5, 5.41) is 16.8. The van der Waals surface area contributed by atoms with Crippen LogP contribution in [-0.4, -0.2) is 35.2 Å². The van der Waals surface area contributed by atoms with Crippen molar-refractivity contribution in [2.75, 3.05) is 13.1 Å². The number of aromatic nitrogens is 1. The Morgan fingerprint density at radius 2 is 1.87 bits per heavy atom. The summed E-state index contributed by atoms with van der Waals surface area (Å²) in [4.78, 5) is 8.79. The summed E-state index contributed by atoms with van der Waals surface area (Å²) in [6, 6.07) is 7.48. The molecule has 1 heterocycles. The number of hydrogen-bond donors (Lipinski definition) is 3. The molecule has 0 spiro atoms. The molecule has 7 nitrogen and oxygen atoms in total. The maximum absolute atomic E-state index is 10.5. The van der Waals surface area contributed by atoms with Crippen molar-refractivity contribution >= 4 is 29.9 Å². The molecule has 1 aromatic heterocycles. The molecule has 168 valence electrons. The van der Waals surface area contributed by atoms with E-state index < -0.39 is 6.10 Å². The Morgan fingerprint density at radius 1 is 1.20 bits per heavy atom. The van der Waals surface area contributed by atoms with Crippen LogP contribution in [-0.2, 0) is 12.0 Å². The van der Waals surface area contributed by atoms with E-state index in [0.717, 1.165) is 17.1 Å². The first-order valence-corrected chi connectivity index (χ1v) is 10.1. The summed E-state index contributed by atoms with van der Waals surface area (Å²) in [5.74, 6) is 2.79. The summed E-state index contributed by atoms with van der Waals surface area (Å²) < 4.78 is 11.4. The number of aliphatic imine (C=N–C) groups is 1. The number of aliphatic hydroxyl groups is 1. The standard InChI is InChI=1S/C22H34N4O3.HI/c1-7-23-21(26-14-20-24-13-19(29-20)22(4,5)6)25-12-18(27)16-8-10-17(11-9-16)28-15(2)3;/h8-11,13,15,18,27H,7,12,14H2,1-6H3,(H2,23,25,26);1H. The maximum atomic E-state index is 10.5. The van der Waals surface area contributed by atoms with Gasteiger partial charge in [-0.3, -0.25) is 0 Å². The van der Waals surface area contributed by atoms with Crippen LogP contribution in [0.3, 0.4) is 0 Å². The first-order valence-electron chi connectivity index (χ1n) is 10.1. The van der Waals surface area contributed by atoms with E-state index >= 15 is 0 Å². The van der Waals surface area contributed by atoms with Gasteiger partial charge < -0.3 is 24.9 Å². The highest BCUT2D eigenvalue weighted by atomic mass is 127. The largest absolute Gasteiger partial charge is 0.491 e. The number of hydrogen-bond acceptors (Lipinski definition) is 5. The molecule has 1 aromatic carbocycles. The van der Waals surface area contributed by atoms with Crippen LogP contribution in [0.1, 0.15) is 64.9 Å². The third-order valence-corrected chi connectivity index (χ3v) is 4.11. The minimum absolute atomic E-state index is 0. The molecule has 3 N–H and O–H groups in total. The van der Waals surface area contributed by atoms with Gasteiger partial charge >= 0.3 is 0 Å². The van der Waals surface area contributed by atoms with Crippen molar-refractivity contribution in [1.29, 1.82) is 0 Å². The number of halogens is 1. The van der Waals surface area contributed by atoms with Crippen molar-refractivity contribution in [3.63, 3.8) is 0 Å². The average molecular weight is 530 g/mol. The number of rotatable bonds is 8. The predicted octanol–water partition coefficient (Wildman–Crippen LogP) is 4.17. The van der Waals surface area contributed by atoms with Crippen LogP contribution >= 0.6 is 24.0 Å². The highest BCUT2D eigenvalue weighted by Crippen LogP contribution is 2.23. The van der Waals surface area contributed by atoms with Crippen LogP contribution in [0.5, 0.6) is 5.75 Å². The Bertz CT molecular complexity index is 782. The van der Waals surface area contributed by atoms with E-state index in [1.165, 1.54) is 0 Å². The number of nitrogens with zero attached hydrogens (tertiary/aromatic N) is 2. The van der Waals surface area contributed by atoms with E-state index in [2.05, 4.69) is 41.4 Å². The molecule has 2 rings (SSSR count). The molecule has 1 atom stereocenters. The van der Waals surface area contributed by atoms with Gasteiger partial charge in [0.15, 0.2) is 5.96 Å². The van der Waals surface area contributed by atoms with Crippen molar-refractivity contribution in [3.8, 4) is 5.75 Å². The van der Waals surface area contributed by atoms with Crippen LogP contribution in [0.4, 0.5) is 0 Å². The maximum Gasteiger partial charge on any atom is 0.216 e. The van der Waals surface area contributed by atoms with Gasteiger partial charge in [0.1, 0.15) is 18.1 Å². The van der Waals surface area contributed by atoms with E-state index in [-0.39, 0.29) is 35.5 Å².